The van der Waals surface area contributed by atoms with Gasteiger partial charge < -0.3 is 0 Å². The molecule has 6 heteroatoms. The molecule has 0 fully saturated rings. The summed E-state index contributed by atoms with van der Waals surface area (Å²) in [5.41, 5.74) is 1.63. The summed E-state index contributed by atoms with van der Waals surface area (Å²) in [5, 5.41) is 21.0. The molecule has 2 aromatic carbocycles. The summed E-state index contributed by atoms with van der Waals surface area (Å²) < 4.78 is 13.3. The monoisotopic (exact) mass is 279 g/mol. The van der Waals surface area contributed by atoms with Gasteiger partial charge >= 0.3 is 0 Å². The van der Waals surface area contributed by atoms with Crippen molar-refractivity contribution < 1.29 is 4.39 Å². The van der Waals surface area contributed by atoms with Crippen molar-refractivity contribution in [1.82, 2.24) is 20.2 Å². The number of hydrogen-bond donors (Lipinski definition) is 0. The zero-order valence-corrected chi connectivity index (χ0v) is 10.9. The number of hydrogen-bond acceptors (Lipinski definition) is 4. The molecular formula is C15H10FN5. The first-order chi connectivity index (χ1) is 10.3. The van der Waals surface area contributed by atoms with Crippen LogP contribution in [0.25, 0.3) is 11.4 Å². The number of halogens is 1. The van der Waals surface area contributed by atoms with E-state index in [0.717, 1.165) is 11.1 Å². The number of nitriles is 1. The number of benzene rings is 2. The lowest BCUT2D eigenvalue weighted by Crippen LogP contribution is -2.04. The predicted octanol–water partition coefficient (Wildman–Crippen LogP) is 2.40. The second-order valence-electron chi connectivity index (χ2n) is 4.44. The van der Waals surface area contributed by atoms with Crippen molar-refractivity contribution in [3.63, 3.8) is 0 Å². The van der Waals surface area contributed by atoms with Gasteiger partial charge in [0.2, 0.25) is 5.82 Å². The van der Waals surface area contributed by atoms with Crippen molar-refractivity contribution >= 4 is 0 Å². The molecule has 102 valence electrons. The van der Waals surface area contributed by atoms with Crippen LogP contribution in [0.1, 0.15) is 11.1 Å². The minimum atomic E-state index is -0.530. The van der Waals surface area contributed by atoms with E-state index in [1.807, 2.05) is 36.4 Å². The molecule has 1 heterocycles. The van der Waals surface area contributed by atoms with Gasteiger partial charge in [-0.2, -0.15) is 10.1 Å². The van der Waals surface area contributed by atoms with Gasteiger partial charge in [0.05, 0.1) is 12.1 Å². The van der Waals surface area contributed by atoms with Crippen LogP contribution in [0.15, 0.2) is 48.5 Å². The summed E-state index contributed by atoms with van der Waals surface area (Å²) in [6.45, 7) is 0.328. The van der Waals surface area contributed by atoms with E-state index in [4.69, 9.17) is 5.26 Å². The first kappa shape index (κ1) is 12.9. The van der Waals surface area contributed by atoms with Crippen LogP contribution < -0.4 is 0 Å². The molecule has 0 amide bonds. The third-order valence-corrected chi connectivity index (χ3v) is 2.96. The highest BCUT2D eigenvalue weighted by atomic mass is 19.1. The lowest BCUT2D eigenvalue weighted by atomic mass is 10.1. The van der Waals surface area contributed by atoms with Gasteiger partial charge in [-0.3, -0.25) is 0 Å². The van der Waals surface area contributed by atoms with Crippen molar-refractivity contribution in [2.24, 2.45) is 0 Å². The van der Waals surface area contributed by atoms with E-state index in [1.54, 1.807) is 6.07 Å². The summed E-state index contributed by atoms with van der Waals surface area (Å²) in [4.78, 5) is 1.41. The molecule has 0 aliphatic heterocycles. The van der Waals surface area contributed by atoms with Crippen molar-refractivity contribution in [3.05, 3.63) is 65.5 Å². The van der Waals surface area contributed by atoms with Gasteiger partial charge in [0.15, 0.2) is 0 Å². The van der Waals surface area contributed by atoms with Crippen LogP contribution in [0.4, 0.5) is 4.39 Å². The Hall–Kier alpha value is -3.07. The molecule has 3 aromatic rings. The first-order valence-corrected chi connectivity index (χ1v) is 6.28. The van der Waals surface area contributed by atoms with E-state index in [1.165, 1.54) is 16.9 Å². The van der Waals surface area contributed by atoms with Crippen molar-refractivity contribution in [2.45, 2.75) is 6.54 Å². The third-order valence-electron chi connectivity index (χ3n) is 2.96. The number of tetrazole rings is 1. The van der Waals surface area contributed by atoms with E-state index < -0.39 is 5.82 Å². The Labute approximate surface area is 120 Å². The maximum Gasteiger partial charge on any atom is 0.204 e. The molecule has 1 aromatic heterocycles. The predicted molar refractivity (Wildman–Crippen MR) is 73.5 cm³/mol. The molecule has 0 aliphatic carbocycles. The summed E-state index contributed by atoms with van der Waals surface area (Å²) in [5.74, 6) is -0.00371. The molecule has 0 spiro atoms. The SMILES string of the molecule is N#Cc1cc(Cn2nnc(-c3ccccc3)n2)ccc1F. The zero-order valence-electron chi connectivity index (χ0n) is 10.9. The van der Waals surface area contributed by atoms with Gasteiger partial charge in [0, 0.05) is 5.56 Å². The maximum atomic E-state index is 13.3. The minimum absolute atomic E-state index is 0.0101. The Kier molecular flexibility index (Phi) is 3.39. The Morgan fingerprint density at radius 2 is 1.95 bits per heavy atom. The van der Waals surface area contributed by atoms with Crippen LogP contribution in [-0.4, -0.2) is 20.2 Å². The molecule has 0 atom stereocenters. The lowest BCUT2D eigenvalue weighted by Gasteiger charge is -2.01. The summed E-state index contributed by atoms with van der Waals surface area (Å²) in [6.07, 6.45) is 0. The highest BCUT2D eigenvalue weighted by Crippen LogP contribution is 2.13. The van der Waals surface area contributed by atoms with Gasteiger partial charge in [-0.15, -0.1) is 10.2 Å². The van der Waals surface area contributed by atoms with Crippen LogP contribution >= 0.6 is 0 Å². The maximum absolute atomic E-state index is 13.3. The molecular weight excluding hydrogens is 269 g/mol. The Morgan fingerprint density at radius 1 is 1.14 bits per heavy atom. The zero-order chi connectivity index (χ0) is 14.7. The summed E-state index contributed by atoms with van der Waals surface area (Å²) in [6, 6.07) is 15.7. The van der Waals surface area contributed by atoms with Gasteiger partial charge in [0.25, 0.3) is 0 Å². The normalized spacial score (nSPS) is 10.3. The molecule has 21 heavy (non-hydrogen) atoms. The standard InChI is InChI=1S/C15H10FN5/c16-14-7-6-11(8-13(14)9-17)10-21-19-15(18-20-21)12-4-2-1-3-5-12/h1-8H,10H2. The summed E-state index contributed by atoms with van der Waals surface area (Å²) >= 11 is 0. The second-order valence-corrected chi connectivity index (χ2v) is 4.44. The fourth-order valence-electron chi connectivity index (χ4n) is 1.93. The first-order valence-electron chi connectivity index (χ1n) is 6.28. The largest absolute Gasteiger partial charge is 0.206 e. The molecule has 0 radical (unpaired) electrons. The average molecular weight is 279 g/mol. The Morgan fingerprint density at radius 3 is 2.71 bits per heavy atom. The van der Waals surface area contributed by atoms with Crippen molar-refractivity contribution in [2.75, 3.05) is 0 Å². The van der Waals surface area contributed by atoms with Crippen LogP contribution in [0.3, 0.4) is 0 Å². The molecule has 0 N–H and O–H groups in total. The Bertz CT molecular complexity index is 804. The lowest BCUT2D eigenvalue weighted by molar-refractivity contribution is 0.570. The van der Waals surface area contributed by atoms with Crippen molar-refractivity contribution in [3.8, 4) is 17.5 Å². The Balaban J connectivity index is 1.84. The quantitative estimate of drug-likeness (QED) is 0.738. The molecule has 0 saturated heterocycles. The molecule has 0 saturated carbocycles. The van der Waals surface area contributed by atoms with E-state index in [0.29, 0.717) is 12.4 Å². The molecule has 0 unspecified atom stereocenters. The van der Waals surface area contributed by atoms with Crippen molar-refractivity contribution in [1.29, 1.82) is 5.26 Å². The molecule has 5 nitrogen and oxygen atoms in total. The highest BCUT2D eigenvalue weighted by Gasteiger charge is 2.07. The van der Waals surface area contributed by atoms with Crippen LogP contribution in [0.2, 0.25) is 0 Å². The number of nitrogens with zero attached hydrogens (tertiary/aromatic N) is 5. The minimum Gasteiger partial charge on any atom is -0.206 e. The van der Waals surface area contributed by atoms with Gasteiger partial charge in [-0.05, 0) is 22.9 Å². The van der Waals surface area contributed by atoms with Crippen LogP contribution in [0.5, 0.6) is 0 Å². The topological polar surface area (TPSA) is 67.4 Å². The molecule has 0 aliphatic rings. The van der Waals surface area contributed by atoms with Gasteiger partial charge in [-0.1, -0.05) is 36.4 Å². The van der Waals surface area contributed by atoms with Gasteiger partial charge in [-0.25, -0.2) is 4.39 Å². The number of rotatable bonds is 3. The fraction of sp³-hybridized carbons (Fsp3) is 0.0667. The fourth-order valence-corrected chi connectivity index (χ4v) is 1.93. The van der Waals surface area contributed by atoms with Crippen LogP contribution in [-0.2, 0) is 6.54 Å². The third kappa shape index (κ3) is 2.77. The molecule has 0 bridgehead atoms. The van der Waals surface area contributed by atoms with Crippen LogP contribution in [0, 0.1) is 17.1 Å². The summed E-state index contributed by atoms with van der Waals surface area (Å²) in [7, 11) is 0. The highest BCUT2D eigenvalue weighted by molar-refractivity contribution is 5.53. The van der Waals surface area contributed by atoms with E-state index >= 15 is 0 Å². The second kappa shape index (κ2) is 5.51. The van der Waals surface area contributed by atoms with Gasteiger partial charge in [0.1, 0.15) is 11.9 Å². The van der Waals surface area contributed by atoms with E-state index in [-0.39, 0.29) is 5.56 Å². The van der Waals surface area contributed by atoms with E-state index in [2.05, 4.69) is 15.4 Å². The number of aromatic nitrogens is 4. The average Bonchev–Trinajstić information content (AvgIpc) is 2.98. The smallest absolute Gasteiger partial charge is 0.204 e. The molecule has 3 rings (SSSR count). The van der Waals surface area contributed by atoms with E-state index in [9.17, 15) is 4.39 Å².